The van der Waals surface area contributed by atoms with E-state index in [2.05, 4.69) is 5.32 Å². The predicted octanol–water partition coefficient (Wildman–Crippen LogP) is 3.82. The first-order valence-corrected chi connectivity index (χ1v) is 11.9. The van der Waals surface area contributed by atoms with E-state index in [4.69, 9.17) is 9.47 Å². The van der Waals surface area contributed by atoms with Crippen LogP contribution < -0.4 is 10.1 Å². The minimum Gasteiger partial charge on any atom is -0.481 e. The number of piperazine rings is 1. The van der Waals surface area contributed by atoms with Crippen LogP contribution in [-0.4, -0.2) is 54.5 Å². The third kappa shape index (κ3) is 6.83. The van der Waals surface area contributed by atoms with E-state index < -0.39 is 18.1 Å². The van der Waals surface area contributed by atoms with Gasteiger partial charge >= 0.3 is 5.97 Å². The zero-order valence-electron chi connectivity index (χ0n) is 20.2. The fourth-order valence-corrected chi connectivity index (χ4v) is 3.82. The highest BCUT2D eigenvalue weighted by molar-refractivity contribution is 5.93. The topological polar surface area (TPSA) is 84.9 Å². The van der Waals surface area contributed by atoms with Gasteiger partial charge in [-0.2, -0.15) is 0 Å². The summed E-state index contributed by atoms with van der Waals surface area (Å²) in [5, 5.41) is 2.74. The Hall–Kier alpha value is -3.35. The number of benzene rings is 2. The van der Waals surface area contributed by atoms with Crippen molar-refractivity contribution in [2.24, 2.45) is 5.92 Å². The Bertz CT molecular complexity index is 959. The average Bonchev–Trinajstić information content (AvgIpc) is 2.84. The lowest BCUT2D eigenvalue weighted by Gasteiger charge is -2.36. The molecule has 2 amide bonds. The van der Waals surface area contributed by atoms with Crippen LogP contribution in [0.5, 0.6) is 5.75 Å². The minimum atomic E-state index is -0.897. The van der Waals surface area contributed by atoms with Crippen LogP contribution >= 0.6 is 0 Å². The minimum absolute atomic E-state index is 0.169. The first-order chi connectivity index (χ1) is 16.4. The van der Waals surface area contributed by atoms with Crippen LogP contribution in [0.2, 0.25) is 0 Å². The second-order valence-corrected chi connectivity index (χ2v) is 8.85. The molecule has 0 saturated carbocycles. The highest BCUT2D eigenvalue weighted by Crippen LogP contribution is 2.24. The molecule has 2 atom stereocenters. The maximum Gasteiger partial charge on any atom is 0.308 e. The molecule has 0 aromatic heterocycles. The molecule has 2 aromatic rings. The molecule has 1 aliphatic rings. The van der Waals surface area contributed by atoms with Crippen molar-refractivity contribution >= 4 is 17.8 Å². The summed E-state index contributed by atoms with van der Waals surface area (Å²) in [7, 11) is 0. The molecule has 0 radical (unpaired) electrons. The van der Waals surface area contributed by atoms with E-state index in [0.717, 1.165) is 17.5 Å². The van der Waals surface area contributed by atoms with Crippen molar-refractivity contribution in [2.45, 2.75) is 52.2 Å². The summed E-state index contributed by atoms with van der Waals surface area (Å²) in [5.41, 5.74) is 2.15. The summed E-state index contributed by atoms with van der Waals surface area (Å²) in [5.74, 6) is -0.142. The lowest BCUT2D eigenvalue weighted by atomic mass is 10.1. The van der Waals surface area contributed by atoms with Gasteiger partial charge in [-0.1, -0.05) is 63.2 Å². The number of carbonyl (C=O) groups is 3. The Balaban J connectivity index is 1.65. The number of carbonyl (C=O) groups excluding carboxylic acids is 3. The quantitative estimate of drug-likeness (QED) is 0.538. The van der Waals surface area contributed by atoms with Gasteiger partial charge in [0.2, 0.25) is 5.91 Å². The van der Waals surface area contributed by atoms with Gasteiger partial charge in [0, 0.05) is 13.1 Å². The molecular weight excluding hydrogens is 432 g/mol. The van der Waals surface area contributed by atoms with E-state index >= 15 is 0 Å². The number of ether oxygens (including phenoxy) is 2. The van der Waals surface area contributed by atoms with Gasteiger partial charge in [-0.25, -0.2) is 0 Å². The molecule has 0 spiro atoms. The predicted molar refractivity (Wildman–Crippen MR) is 130 cm³/mol. The van der Waals surface area contributed by atoms with Gasteiger partial charge in [0.15, 0.2) is 6.10 Å². The molecule has 1 saturated heterocycles. The lowest BCUT2D eigenvalue weighted by molar-refractivity contribution is -0.154. The Kier molecular flexibility index (Phi) is 9.08. The van der Waals surface area contributed by atoms with E-state index in [0.29, 0.717) is 37.8 Å². The molecule has 182 valence electrons. The van der Waals surface area contributed by atoms with Crippen molar-refractivity contribution in [3.8, 4) is 16.9 Å². The van der Waals surface area contributed by atoms with Gasteiger partial charge in [0.1, 0.15) is 11.8 Å². The highest BCUT2D eigenvalue weighted by atomic mass is 16.5. The highest BCUT2D eigenvalue weighted by Gasteiger charge is 2.38. The van der Waals surface area contributed by atoms with Gasteiger partial charge in [-0.05, 0) is 42.0 Å². The molecule has 0 aliphatic carbocycles. The first kappa shape index (κ1) is 25.3. The molecular formula is C27H34N2O5. The average molecular weight is 467 g/mol. The molecule has 3 rings (SSSR count). The van der Waals surface area contributed by atoms with Gasteiger partial charge in [0.05, 0.1) is 13.0 Å². The van der Waals surface area contributed by atoms with Gasteiger partial charge in [-0.3, -0.25) is 14.4 Å². The molecule has 1 heterocycles. The standard InChI is InChI=1S/C27H34N2O5/c1-4-24(34-22-12-10-21(11-13-22)20-8-6-5-7-9-20)27(32)29-16-15-28-26(31)23(29)18-25(30)33-17-14-19(2)3/h5-13,19,23-24H,4,14-18H2,1-3H3,(H,28,31). The maximum absolute atomic E-state index is 13.3. The van der Waals surface area contributed by atoms with Gasteiger partial charge in [0.25, 0.3) is 5.91 Å². The number of esters is 1. The van der Waals surface area contributed by atoms with E-state index in [-0.39, 0.29) is 18.2 Å². The van der Waals surface area contributed by atoms with Crippen LogP contribution in [0.3, 0.4) is 0 Å². The van der Waals surface area contributed by atoms with Crippen molar-refractivity contribution < 1.29 is 23.9 Å². The number of amides is 2. The number of hydrogen-bond donors (Lipinski definition) is 1. The summed E-state index contributed by atoms with van der Waals surface area (Å²) >= 11 is 0. The zero-order chi connectivity index (χ0) is 24.5. The smallest absolute Gasteiger partial charge is 0.308 e. The molecule has 7 nitrogen and oxygen atoms in total. The maximum atomic E-state index is 13.3. The SMILES string of the molecule is CCC(Oc1ccc(-c2ccccc2)cc1)C(=O)N1CCNC(=O)C1CC(=O)OCCC(C)C. The van der Waals surface area contributed by atoms with Crippen molar-refractivity contribution in [3.63, 3.8) is 0 Å². The summed E-state index contributed by atoms with van der Waals surface area (Å²) in [6.07, 6.45) is 0.258. The Morgan fingerprint density at radius 1 is 1.06 bits per heavy atom. The van der Waals surface area contributed by atoms with Crippen LogP contribution in [-0.2, 0) is 19.1 Å². The second-order valence-electron chi connectivity index (χ2n) is 8.85. The molecule has 2 aromatic carbocycles. The molecule has 1 aliphatic heterocycles. The Morgan fingerprint density at radius 2 is 1.74 bits per heavy atom. The largest absolute Gasteiger partial charge is 0.481 e. The van der Waals surface area contributed by atoms with Crippen LogP contribution in [0, 0.1) is 5.92 Å². The number of nitrogens with one attached hydrogen (secondary N) is 1. The van der Waals surface area contributed by atoms with E-state index in [1.54, 1.807) is 0 Å². The molecule has 1 N–H and O–H groups in total. The molecule has 1 fully saturated rings. The number of rotatable bonds is 10. The molecule has 2 unspecified atom stereocenters. The van der Waals surface area contributed by atoms with E-state index in [1.165, 1.54) is 4.90 Å². The van der Waals surface area contributed by atoms with E-state index in [9.17, 15) is 14.4 Å². The number of nitrogens with zero attached hydrogens (tertiary/aromatic N) is 1. The Labute approximate surface area is 201 Å². The molecule has 0 bridgehead atoms. The van der Waals surface area contributed by atoms with Gasteiger partial charge < -0.3 is 19.7 Å². The number of hydrogen-bond acceptors (Lipinski definition) is 5. The van der Waals surface area contributed by atoms with Crippen LogP contribution in [0.15, 0.2) is 54.6 Å². The zero-order valence-corrected chi connectivity index (χ0v) is 20.2. The third-order valence-electron chi connectivity index (χ3n) is 5.82. The summed E-state index contributed by atoms with van der Waals surface area (Å²) in [6, 6.07) is 16.7. The summed E-state index contributed by atoms with van der Waals surface area (Å²) in [6.45, 7) is 6.91. The van der Waals surface area contributed by atoms with Crippen molar-refractivity contribution in [2.75, 3.05) is 19.7 Å². The fourth-order valence-electron chi connectivity index (χ4n) is 3.82. The fraction of sp³-hybridized carbons (Fsp3) is 0.444. The summed E-state index contributed by atoms with van der Waals surface area (Å²) in [4.78, 5) is 39.6. The van der Waals surface area contributed by atoms with Crippen molar-refractivity contribution in [1.29, 1.82) is 0 Å². The molecule has 7 heteroatoms. The monoisotopic (exact) mass is 466 g/mol. The van der Waals surface area contributed by atoms with Crippen LogP contribution in [0.1, 0.15) is 40.0 Å². The van der Waals surface area contributed by atoms with Crippen molar-refractivity contribution in [3.05, 3.63) is 54.6 Å². The Morgan fingerprint density at radius 3 is 2.38 bits per heavy atom. The molecule has 34 heavy (non-hydrogen) atoms. The van der Waals surface area contributed by atoms with Crippen LogP contribution in [0.4, 0.5) is 0 Å². The second kappa shape index (κ2) is 12.2. The third-order valence-corrected chi connectivity index (χ3v) is 5.82. The normalized spacial score (nSPS) is 16.6. The van der Waals surface area contributed by atoms with Gasteiger partial charge in [-0.15, -0.1) is 0 Å². The van der Waals surface area contributed by atoms with Crippen molar-refractivity contribution in [1.82, 2.24) is 10.2 Å². The first-order valence-electron chi connectivity index (χ1n) is 11.9. The van der Waals surface area contributed by atoms with Crippen LogP contribution in [0.25, 0.3) is 11.1 Å². The lowest BCUT2D eigenvalue weighted by Crippen LogP contribution is -2.60. The van der Waals surface area contributed by atoms with E-state index in [1.807, 2.05) is 75.4 Å². The summed E-state index contributed by atoms with van der Waals surface area (Å²) < 4.78 is 11.3.